The van der Waals surface area contributed by atoms with Gasteiger partial charge in [-0.25, -0.2) is 28.3 Å². The third kappa shape index (κ3) is 10.3. The number of carbonyl (C=O) groups excluding carboxylic acids is 4. The zero-order valence-electron chi connectivity index (χ0n) is 34.4. The van der Waals surface area contributed by atoms with Gasteiger partial charge in [0.25, 0.3) is 0 Å². The number of nitrogens with one attached hydrogen (secondary N) is 3. The van der Waals surface area contributed by atoms with E-state index in [1.807, 2.05) is 30.3 Å². The van der Waals surface area contributed by atoms with Crippen molar-refractivity contribution in [2.45, 2.75) is 63.9 Å². The third-order valence-electron chi connectivity index (χ3n) is 11.1. The molecule has 330 valence electrons. The first-order valence-electron chi connectivity index (χ1n) is 20.4. The molecule has 1 aliphatic carbocycles. The summed E-state index contributed by atoms with van der Waals surface area (Å²) in [5.74, 6) is -2.46. The Morgan fingerprint density at radius 1 is 0.937 bits per heavy atom. The highest BCUT2D eigenvalue weighted by Gasteiger charge is 2.49. The van der Waals surface area contributed by atoms with E-state index >= 15 is 4.39 Å². The largest absolute Gasteiger partial charge is 0.477 e. The molecule has 0 bridgehead atoms. The Morgan fingerprint density at radius 3 is 2.30 bits per heavy atom. The Morgan fingerprint density at radius 2 is 1.63 bits per heavy atom. The van der Waals surface area contributed by atoms with Crippen LogP contribution in [0.25, 0.3) is 10.9 Å². The number of halogens is 1. The molecule has 1 saturated heterocycles. The fraction of sp³-hybridized carbons (Fsp3) is 0.349. The molecule has 1 aliphatic heterocycles. The normalized spacial score (nSPS) is 14.7. The number of amides is 5. The summed E-state index contributed by atoms with van der Waals surface area (Å²) in [5.41, 5.74) is 6.36. The van der Waals surface area contributed by atoms with Crippen LogP contribution in [-0.2, 0) is 39.6 Å². The minimum absolute atomic E-state index is 0.0236. The highest BCUT2D eigenvalue weighted by Crippen LogP contribution is 2.44. The molecule has 6 N–H and O–H groups in total. The topological polar surface area (TPSA) is 245 Å². The lowest BCUT2D eigenvalue weighted by molar-refractivity contribution is -0.119. The van der Waals surface area contributed by atoms with Gasteiger partial charge in [-0.05, 0) is 68.0 Å². The van der Waals surface area contributed by atoms with Gasteiger partial charge in [-0.3, -0.25) is 9.59 Å². The van der Waals surface area contributed by atoms with Gasteiger partial charge in [0.15, 0.2) is 0 Å². The van der Waals surface area contributed by atoms with E-state index in [9.17, 15) is 33.9 Å². The summed E-state index contributed by atoms with van der Waals surface area (Å²) < 4.78 is 29.4. The fourth-order valence-corrected chi connectivity index (χ4v) is 7.40. The predicted octanol–water partition coefficient (Wildman–Crippen LogP) is 4.45. The number of piperazine rings is 1. The summed E-state index contributed by atoms with van der Waals surface area (Å²) in [6.07, 6.45) is 3.62. The first-order valence-corrected chi connectivity index (χ1v) is 20.4. The zero-order chi connectivity index (χ0) is 44.7. The molecule has 2 fully saturated rings. The number of nitrogens with two attached hydrogens (primary N) is 1. The third-order valence-corrected chi connectivity index (χ3v) is 11.1. The zero-order valence-corrected chi connectivity index (χ0v) is 34.4. The van der Waals surface area contributed by atoms with Crippen LogP contribution in [0, 0.1) is 5.82 Å². The predicted molar refractivity (Wildman–Crippen MR) is 226 cm³/mol. The van der Waals surface area contributed by atoms with Crippen LogP contribution >= 0.6 is 0 Å². The first kappa shape index (κ1) is 43.6. The van der Waals surface area contributed by atoms with Crippen LogP contribution in [-0.4, -0.2) is 92.4 Å². The second-order valence-electron chi connectivity index (χ2n) is 15.3. The molecule has 63 heavy (non-hydrogen) atoms. The summed E-state index contributed by atoms with van der Waals surface area (Å²) in [5, 5.41) is 26.3. The molecule has 1 atom stereocenters. The number of nitrogens with zero attached hydrogens (tertiary/aromatic N) is 6. The number of carboxylic acids is 1. The highest BCUT2D eigenvalue weighted by atomic mass is 19.1. The maximum Gasteiger partial charge on any atom is 0.410 e. The lowest BCUT2D eigenvalue weighted by Crippen LogP contribution is -2.49. The Balaban J connectivity index is 0.923. The van der Waals surface area contributed by atoms with E-state index in [2.05, 4.69) is 26.3 Å². The second-order valence-corrected chi connectivity index (χ2v) is 15.3. The molecule has 2 aliphatic rings. The number of hydrogen-bond acceptors (Lipinski definition) is 11. The van der Waals surface area contributed by atoms with Crippen molar-refractivity contribution >= 4 is 52.4 Å². The van der Waals surface area contributed by atoms with Crippen LogP contribution in [0.3, 0.4) is 0 Å². The van der Waals surface area contributed by atoms with E-state index in [4.69, 9.17) is 15.2 Å². The van der Waals surface area contributed by atoms with Gasteiger partial charge in [-0.15, -0.1) is 5.10 Å². The molecular formula is C43H47FN10O9. The quantitative estimate of drug-likeness (QED) is 0.0864. The maximum absolute atomic E-state index is 15.4. The standard InChI is InChI=1S/C43H47FN10O9/c1-2-51-23-31(39(57)58)37(55)30-21-32(44)35(22-34(30)51)52-17-19-53(20-18-52)42(61)63-26-28-10-12-29(13-11-28)47-38(56)33(9-6-16-46-40(45)59)54-24-36(49-50-54)43(14-15-43)48-41(60)62-25-27-7-4-3-5-8-27/h3-5,7-8,10-13,21-24,33H,2,6,9,14-20,25-26H2,1H3,(H,47,56)(H,48,60)(H,57,58)(H3,45,46,59)/t33-/m0/s1. The summed E-state index contributed by atoms with van der Waals surface area (Å²) in [4.78, 5) is 78.3. The van der Waals surface area contributed by atoms with Crippen LogP contribution in [0.15, 0.2) is 83.9 Å². The van der Waals surface area contributed by atoms with E-state index in [0.29, 0.717) is 48.3 Å². The van der Waals surface area contributed by atoms with Gasteiger partial charge in [0.05, 0.1) is 22.9 Å². The number of carboxylic acid groups (broad SMARTS) is 1. The molecule has 1 saturated carbocycles. The molecular weight excluding hydrogens is 820 g/mol. The van der Waals surface area contributed by atoms with Crippen molar-refractivity contribution in [3.63, 3.8) is 0 Å². The van der Waals surface area contributed by atoms with Crippen LogP contribution in [0.1, 0.15) is 65.8 Å². The Kier molecular flexibility index (Phi) is 13.2. The molecule has 0 radical (unpaired) electrons. The Bertz CT molecular complexity index is 2550. The first-order chi connectivity index (χ1) is 30.3. The number of alkyl carbamates (subject to hydrolysis) is 1. The summed E-state index contributed by atoms with van der Waals surface area (Å²) in [7, 11) is 0. The number of aromatic carboxylic acids is 1. The van der Waals surface area contributed by atoms with Gasteiger partial charge >= 0.3 is 24.2 Å². The number of carbonyl (C=O) groups is 5. The summed E-state index contributed by atoms with van der Waals surface area (Å²) in [6, 6.07) is 17.1. The van der Waals surface area contributed by atoms with Gasteiger partial charge in [-0.1, -0.05) is 47.7 Å². The van der Waals surface area contributed by atoms with E-state index < -0.39 is 58.5 Å². The molecule has 3 aromatic carbocycles. The Labute approximate surface area is 359 Å². The average molecular weight is 867 g/mol. The number of rotatable bonds is 16. The van der Waals surface area contributed by atoms with E-state index in [-0.39, 0.29) is 63.4 Å². The molecule has 19 nitrogen and oxygen atoms in total. The average Bonchev–Trinajstić information content (AvgIpc) is 3.89. The highest BCUT2D eigenvalue weighted by molar-refractivity contribution is 5.94. The van der Waals surface area contributed by atoms with Crippen molar-refractivity contribution in [2.24, 2.45) is 5.73 Å². The molecule has 0 spiro atoms. The fourth-order valence-electron chi connectivity index (χ4n) is 7.40. The Hall–Kier alpha value is -7.51. The summed E-state index contributed by atoms with van der Waals surface area (Å²) in [6.45, 7) is 3.50. The van der Waals surface area contributed by atoms with Gasteiger partial charge in [-0.2, -0.15) is 0 Å². The van der Waals surface area contributed by atoms with Crippen molar-refractivity contribution in [2.75, 3.05) is 42.9 Å². The SMILES string of the molecule is CCn1cc(C(=O)O)c(=O)c2cc(F)c(N3CCN(C(=O)OCc4ccc(NC(=O)[C@H](CCCNC(N)=O)n5cc(C6(NC(=O)OCc7ccccc7)CC6)nn5)cc4)CC3)cc21. The number of aromatic nitrogens is 4. The second kappa shape index (κ2) is 19.0. The number of ether oxygens (including phenoxy) is 2. The van der Waals surface area contributed by atoms with E-state index in [1.165, 1.54) is 21.8 Å². The number of pyridine rings is 1. The smallest absolute Gasteiger partial charge is 0.410 e. The maximum atomic E-state index is 15.4. The van der Waals surface area contributed by atoms with E-state index in [0.717, 1.165) is 11.6 Å². The van der Waals surface area contributed by atoms with Crippen molar-refractivity contribution < 1.29 is 42.9 Å². The molecule has 7 rings (SSSR count). The minimum atomic E-state index is -1.38. The van der Waals surface area contributed by atoms with Crippen LogP contribution < -0.4 is 32.0 Å². The molecule has 5 amide bonds. The minimum Gasteiger partial charge on any atom is -0.477 e. The van der Waals surface area contributed by atoms with Gasteiger partial charge < -0.3 is 50.6 Å². The molecule has 5 aromatic rings. The number of urea groups is 1. The lowest BCUT2D eigenvalue weighted by atomic mass is 10.1. The number of aryl methyl sites for hydroxylation is 1. The van der Waals surface area contributed by atoms with Gasteiger partial charge in [0.1, 0.15) is 36.3 Å². The molecule has 0 unspecified atom stereocenters. The molecule has 2 aromatic heterocycles. The number of fused-ring (bicyclic) bond motifs is 1. The van der Waals surface area contributed by atoms with Gasteiger partial charge in [0, 0.05) is 56.5 Å². The van der Waals surface area contributed by atoms with Crippen molar-refractivity contribution in [1.29, 1.82) is 0 Å². The van der Waals surface area contributed by atoms with E-state index in [1.54, 1.807) is 46.9 Å². The van der Waals surface area contributed by atoms with Crippen LogP contribution in [0.5, 0.6) is 0 Å². The van der Waals surface area contributed by atoms with Crippen LogP contribution in [0.4, 0.5) is 30.1 Å². The lowest BCUT2D eigenvalue weighted by Gasteiger charge is -2.35. The van der Waals surface area contributed by atoms with Crippen molar-refractivity contribution in [3.8, 4) is 0 Å². The summed E-state index contributed by atoms with van der Waals surface area (Å²) >= 11 is 0. The monoisotopic (exact) mass is 866 g/mol. The van der Waals surface area contributed by atoms with Crippen molar-refractivity contribution in [1.82, 2.24) is 35.1 Å². The molecule has 20 heteroatoms. The number of anilines is 2. The number of hydrogen-bond donors (Lipinski definition) is 5. The number of benzene rings is 3. The number of primary amides is 1. The van der Waals surface area contributed by atoms with Crippen molar-refractivity contribution in [3.05, 3.63) is 118 Å². The van der Waals surface area contributed by atoms with Gasteiger partial charge in [0.2, 0.25) is 11.3 Å². The molecule has 3 heterocycles. The van der Waals surface area contributed by atoms with Crippen LogP contribution in [0.2, 0.25) is 0 Å².